The SMILES string of the molecule is COCCN(Cc1ccsc1)C(=O)c1cccc(NCC(=O)O)c1. The molecule has 1 heterocycles. The van der Waals surface area contributed by atoms with E-state index in [1.807, 2.05) is 16.8 Å². The predicted molar refractivity (Wildman–Crippen MR) is 93.5 cm³/mol. The standard InChI is InChI=1S/C17H20N2O4S/c1-23-7-6-19(11-13-5-8-24-12-13)17(22)14-3-2-4-15(9-14)18-10-16(20)21/h2-5,8-9,12,18H,6-7,10-11H2,1H3,(H,20,21). The van der Waals surface area contributed by atoms with E-state index < -0.39 is 5.97 Å². The minimum atomic E-state index is -0.953. The summed E-state index contributed by atoms with van der Waals surface area (Å²) in [5.41, 5.74) is 2.19. The molecule has 2 rings (SSSR count). The molecule has 0 saturated carbocycles. The van der Waals surface area contributed by atoms with Crippen LogP contribution in [0.3, 0.4) is 0 Å². The molecular weight excluding hydrogens is 328 g/mol. The molecule has 1 aromatic carbocycles. The molecule has 0 aliphatic carbocycles. The number of methoxy groups -OCH3 is 1. The van der Waals surface area contributed by atoms with Gasteiger partial charge in [0.2, 0.25) is 0 Å². The van der Waals surface area contributed by atoms with Gasteiger partial charge in [-0.1, -0.05) is 6.07 Å². The van der Waals surface area contributed by atoms with E-state index in [1.54, 1.807) is 47.6 Å². The van der Waals surface area contributed by atoms with Gasteiger partial charge >= 0.3 is 5.97 Å². The van der Waals surface area contributed by atoms with Crippen LogP contribution in [-0.4, -0.2) is 48.7 Å². The van der Waals surface area contributed by atoms with Crippen LogP contribution in [-0.2, 0) is 16.1 Å². The highest BCUT2D eigenvalue weighted by molar-refractivity contribution is 7.07. The fourth-order valence-electron chi connectivity index (χ4n) is 2.18. The lowest BCUT2D eigenvalue weighted by atomic mass is 10.1. The number of aliphatic carboxylic acids is 1. The fraction of sp³-hybridized carbons (Fsp3) is 0.294. The van der Waals surface area contributed by atoms with Crippen LogP contribution in [0.2, 0.25) is 0 Å². The van der Waals surface area contributed by atoms with E-state index in [0.29, 0.717) is 30.9 Å². The van der Waals surface area contributed by atoms with Gasteiger partial charge in [0, 0.05) is 31.5 Å². The minimum absolute atomic E-state index is 0.114. The summed E-state index contributed by atoms with van der Waals surface area (Å²) >= 11 is 1.59. The van der Waals surface area contributed by atoms with Crippen molar-refractivity contribution in [1.82, 2.24) is 4.90 Å². The summed E-state index contributed by atoms with van der Waals surface area (Å²) in [6, 6.07) is 8.84. The first kappa shape index (κ1) is 18.0. The molecule has 128 valence electrons. The quantitative estimate of drug-likeness (QED) is 0.728. The molecular formula is C17H20N2O4S. The summed E-state index contributed by atoms with van der Waals surface area (Å²) in [4.78, 5) is 25.2. The van der Waals surface area contributed by atoms with E-state index in [1.165, 1.54) is 0 Å². The molecule has 2 N–H and O–H groups in total. The van der Waals surface area contributed by atoms with Crippen molar-refractivity contribution in [2.45, 2.75) is 6.54 Å². The number of carbonyl (C=O) groups is 2. The third-order valence-electron chi connectivity index (χ3n) is 3.36. The number of anilines is 1. The van der Waals surface area contributed by atoms with Crippen LogP contribution >= 0.6 is 11.3 Å². The van der Waals surface area contributed by atoms with Gasteiger partial charge in [-0.15, -0.1) is 0 Å². The largest absolute Gasteiger partial charge is 0.480 e. The maximum absolute atomic E-state index is 12.8. The number of amides is 1. The Balaban J connectivity index is 2.12. The average molecular weight is 348 g/mol. The first-order valence-corrected chi connectivity index (χ1v) is 8.39. The maximum atomic E-state index is 12.8. The molecule has 7 heteroatoms. The van der Waals surface area contributed by atoms with Crippen molar-refractivity contribution in [3.8, 4) is 0 Å². The minimum Gasteiger partial charge on any atom is -0.480 e. The highest BCUT2D eigenvalue weighted by Gasteiger charge is 2.16. The Hall–Kier alpha value is -2.38. The molecule has 6 nitrogen and oxygen atoms in total. The second-order valence-electron chi connectivity index (χ2n) is 5.18. The number of benzene rings is 1. The Morgan fingerprint density at radius 2 is 2.17 bits per heavy atom. The molecule has 0 aliphatic heterocycles. The summed E-state index contributed by atoms with van der Waals surface area (Å²) in [7, 11) is 1.60. The number of carboxylic acids is 1. The van der Waals surface area contributed by atoms with E-state index in [4.69, 9.17) is 9.84 Å². The summed E-state index contributed by atoms with van der Waals surface area (Å²) in [6.07, 6.45) is 0. The Kier molecular flexibility index (Phi) is 6.77. The Morgan fingerprint density at radius 1 is 1.33 bits per heavy atom. The van der Waals surface area contributed by atoms with Gasteiger partial charge in [0.25, 0.3) is 5.91 Å². The van der Waals surface area contributed by atoms with Gasteiger partial charge < -0.3 is 20.1 Å². The van der Waals surface area contributed by atoms with E-state index in [2.05, 4.69) is 5.32 Å². The molecule has 0 bridgehead atoms. The monoisotopic (exact) mass is 348 g/mol. The lowest BCUT2D eigenvalue weighted by molar-refractivity contribution is -0.134. The van der Waals surface area contributed by atoms with Crippen molar-refractivity contribution in [2.24, 2.45) is 0 Å². The Labute approximate surface area is 144 Å². The van der Waals surface area contributed by atoms with Crippen LogP contribution in [0.1, 0.15) is 15.9 Å². The van der Waals surface area contributed by atoms with Gasteiger partial charge in [-0.2, -0.15) is 11.3 Å². The second-order valence-corrected chi connectivity index (χ2v) is 5.96. The first-order chi connectivity index (χ1) is 11.6. The van der Waals surface area contributed by atoms with Gasteiger partial charge in [0.15, 0.2) is 0 Å². The van der Waals surface area contributed by atoms with Gasteiger partial charge in [-0.3, -0.25) is 9.59 Å². The molecule has 0 fully saturated rings. The van der Waals surface area contributed by atoms with E-state index in [0.717, 1.165) is 5.56 Å². The number of rotatable bonds is 9. The Bertz CT molecular complexity index is 673. The zero-order chi connectivity index (χ0) is 17.4. The van der Waals surface area contributed by atoms with E-state index in [9.17, 15) is 9.59 Å². The van der Waals surface area contributed by atoms with Gasteiger partial charge in [-0.05, 0) is 40.6 Å². The number of carbonyl (C=O) groups excluding carboxylic acids is 1. The number of ether oxygens (including phenoxy) is 1. The number of nitrogens with zero attached hydrogens (tertiary/aromatic N) is 1. The smallest absolute Gasteiger partial charge is 0.322 e. The van der Waals surface area contributed by atoms with Gasteiger partial charge in [0.1, 0.15) is 6.54 Å². The van der Waals surface area contributed by atoms with Crippen molar-refractivity contribution in [2.75, 3.05) is 32.1 Å². The zero-order valence-corrected chi connectivity index (χ0v) is 14.2. The van der Waals surface area contributed by atoms with Crippen LogP contribution < -0.4 is 5.32 Å². The molecule has 0 atom stereocenters. The van der Waals surface area contributed by atoms with Gasteiger partial charge in [-0.25, -0.2) is 0 Å². The lowest BCUT2D eigenvalue weighted by Crippen LogP contribution is -2.33. The van der Waals surface area contributed by atoms with E-state index >= 15 is 0 Å². The maximum Gasteiger partial charge on any atom is 0.322 e. The van der Waals surface area contributed by atoms with Crippen LogP contribution in [0.4, 0.5) is 5.69 Å². The van der Waals surface area contributed by atoms with Crippen molar-refractivity contribution in [3.05, 3.63) is 52.2 Å². The number of thiophene rings is 1. The molecule has 0 radical (unpaired) electrons. The van der Waals surface area contributed by atoms with E-state index in [-0.39, 0.29) is 12.5 Å². The molecule has 1 aromatic heterocycles. The lowest BCUT2D eigenvalue weighted by Gasteiger charge is -2.22. The van der Waals surface area contributed by atoms with Crippen LogP contribution in [0.25, 0.3) is 0 Å². The number of nitrogens with one attached hydrogen (secondary N) is 1. The highest BCUT2D eigenvalue weighted by atomic mass is 32.1. The molecule has 0 unspecified atom stereocenters. The zero-order valence-electron chi connectivity index (χ0n) is 13.4. The normalized spacial score (nSPS) is 10.4. The average Bonchev–Trinajstić information content (AvgIpc) is 3.09. The molecule has 24 heavy (non-hydrogen) atoms. The summed E-state index contributed by atoms with van der Waals surface area (Å²) in [5.74, 6) is -1.07. The number of hydrogen-bond acceptors (Lipinski definition) is 5. The van der Waals surface area contributed by atoms with Crippen LogP contribution in [0.15, 0.2) is 41.1 Å². The van der Waals surface area contributed by atoms with Crippen LogP contribution in [0, 0.1) is 0 Å². The van der Waals surface area contributed by atoms with Crippen molar-refractivity contribution < 1.29 is 19.4 Å². The molecule has 1 amide bonds. The second kappa shape index (κ2) is 9.05. The van der Waals surface area contributed by atoms with Crippen molar-refractivity contribution in [1.29, 1.82) is 0 Å². The fourth-order valence-corrected chi connectivity index (χ4v) is 2.84. The number of hydrogen-bond donors (Lipinski definition) is 2. The molecule has 0 spiro atoms. The summed E-state index contributed by atoms with van der Waals surface area (Å²) in [6.45, 7) is 1.25. The van der Waals surface area contributed by atoms with Crippen molar-refractivity contribution >= 4 is 28.9 Å². The topological polar surface area (TPSA) is 78.9 Å². The van der Waals surface area contributed by atoms with Crippen LogP contribution in [0.5, 0.6) is 0 Å². The molecule has 0 aliphatic rings. The molecule has 0 saturated heterocycles. The summed E-state index contributed by atoms with van der Waals surface area (Å²) in [5, 5.41) is 15.5. The third-order valence-corrected chi connectivity index (χ3v) is 4.09. The predicted octanol–water partition coefficient (Wildman–Crippen LogP) is 2.53. The summed E-state index contributed by atoms with van der Waals surface area (Å²) < 4.78 is 5.10. The third kappa shape index (κ3) is 5.36. The van der Waals surface area contributed by atoms with Gasteiger partial charge in [0.05, 0.1) is 6.61 Å². The Morgan fingerprint density at radius 3 is 2.83 bits per heavy atom. The first-order valence-electron chi connectivity index (χ1n) is 7.45. The molecule has 2 aromatic rings. The van der Waals surface area contributed by atoms with Crippen molar-refractivity contribution in [3.63, 3.8) is 0 Å². The number of carboxylic acid groups (broad SMARTS) is 1. The highest BCUT2D eigenvalue weighted by Crippen LogP contribution is 2.16.